The van der Waals surface area contributed by atoms with Crippen molar-refractivity contribution in [2.45, 2.75) is 51.9 Å². The van der Waals surface area contributed by atoms with Gasteiger partial charge in [0.25, 0.3) is 0 Å². The van der Waals surface area contributed by atoms with Crippen molar-refractivity contribution in [3.63, 3.8) is 0 Å². The van der Waals surface area contributed by atoms with Crippen LogP contribution in [0.25, 0.3) is 11.6 Å². The summed E-state index contributed by atoms with van der Waals surface area (Å²) in [5.74, 6) is 0.371. The van der Waals surface area contributed by atoms with Gasteiger partial charge < -0.3 is 20.4 Å². The molecule has 2 aromatic rings. The number of amides is 1. The number of aryl methyl sites for hydroxylation is 1. The predicted octanol–water partition coefficient (Wildman–Crippen LogP) is 3.62. The molecule has 1 aliphatic heterocycles. The number of aromatic nitrogens is 2. The van der Waals surface area contributed by atoms with Gasteiger partial charge in [-0.05, 0) is 43.9 Å². The van der Waals surface area contributed by atoms with E-state index < -0.39 is 19.0 Å². The van der Waals surface area contributed by atoms with Crippen LogP contribution < -0.4 is 10.2 Å². The van der Waals surface area contributed by atoms with Crippen LogP contribution in [-0.4, -0.2) is 45.5 Å². The Bertz CT molecular complexity index is 1040. The van der Waals surface area contributed by atoms with E-state index in [-0.39, 0.29) is 18.4 Å². The summed E-state index contributed by atoms with van der Waals surface area (Å²) >= 11 is 0. The number of anilines is 2. The number of carbonyl (C=O) groups is 1. The lowest BCUT2D eigenvalue weighted by Crippen LogP contribution is -2.40. The minimum absolute atomic E-state index is 0.00863. The Kier molecular flexibility index (Phi) is 6.53. The van der Waals surface area contributed by atoms with Gasteiger partial charge in [0, 0.05) is 47.6 Å². The van der Waals surface area contributed by atoms with E-state index in [0.29, 0.717) is 29.2 Å². The lowest BCUT2D eigenvalue weighted by molar-refractivity contribution is -0.117. The molecular formula is C24H29FN4O3. The van der Waals surface area contributed by atoms with Crippen LogP contribution in [0.4, 0.5) is 15.9 Å². The Morgan fingerprint density at radius 3 is 2.75 bits per heavy atom. The first kappa shape index (κ1) is 22.4. The van der Waals surface area contributed by atoms with Gasteiger partial charge in [-0.2, -0.15) is 0 Å². The molecule has 1 saturated carbocycles. The highest BCUT2D eigenvalue weighted by molar-refractivity contribution is 5.96. The highest BCUT2D eigenvalue weighted by Gasteiger charge is 2.32. The number of hydrogen-bond donors (Lipinski definition) is 3. The smallest absolute Gasteiger partial charge is 0.228 e. The van der Waals surface area contributed by atoms with Crippen LogP contribution in [0.3, 0.4) is 0 Å². The summed E-state index contributed by atoms with van der Waals surface area (Å²) in [6.45, 7) is 3.25. The minimum atomic E-state index is -1.08. The van der Waals surface area contributed by atoms with Gasteiger partial charge in [0.15, 0.2) is 6.23 Å². The van der Waals surface area contributed by atoms with Gasteiger partial charge >= 0.3 is 0 Å². The minimum Gasteiger partial charge on any atom is -0.387 e. The van der Waals surface area contributed by atoms with Crippen molar-refractivity contribution in [1.82, 2.24) is 9.97 Å². The van der Waals surface area contributed by atoms with Gasteiger partial charge in [-0.15, -0.1) is 0 Å². The summed E-state index contributed by atoms with van der Waals surface area (Å²) in [6.07, 6.45) is 6.62. The molecule has 32 heavy (non-hydrogen) atoms. The molecule has 1 fully saturated rings. The number of carbonyl (C=O) groups excluding carboxylic acids is 1. The fraction of sp³-hybridized carbons (Fsp3) is 0.458. The number of pyridine rings is 2. The van der Waals surface area contributed by atoms with Crippen molar-refractivity contribution in [2.75, 3.05) is 23.4 Å². The number of fused-ring (bicyclic) bond motifs is 1. The summed E-state index contributed by atoms with van der Waals surface area (Å²) in [7, 11) is 0. The fourth-order valence-electron chi connectivity index (χ4n) is 4.03. The maximum Gasteiger partial charge on any atom is 0.228 e. The van der Waals surface area contributed by atoms with Gasteiger partial charge in [0.1, 0.15) is 12.5 Å². The molecule has 0 bridgehead atoms. The molecule has 0 saturated heterocycles. The van der Waals surface area contributed by atoms with E-state index in [9.17, 15) is 19.4 Å². The van der Waals surface area contributed by atoms with Gasteiger partial charge in [-0.25, -0.2) is 9.37 Å². The third-order valence-electron chi connectivity index (χ3n) is 5.98. The zero-order valence-corrected chi connectivity index (χ0v) is 18.4. The highest BCUT2D eigenvalue weighted by atomic mass is 19.1. The Balaban J connectivity index is 1.68. The number of rotatable bonds is 8. The van der Waals surface area contributed by atoms with E-state index in [0.717, 1.165) is 36.0 Å². The van der Waals surface area contributed by atoms with Gasteiger partial charge in [-0.3, -0.25) is 9.78 Å². The summed E-state index contributed by atoms with van der Waals surface area (Å²) in [5, 5.41) is 24.2. The van der Waals surface area contributed by atoms with E-state index in [1.54, 1.807) is 23.4 Å². The Labute approximate surface area is 187 Å². The third-order valence-corrected chi connectivity index (χ3v) is 5.98. The van der Waals surface area contributed by atoms with E-state index in [1.165, 1.54) is 0 Å². The average Bonchev–Trinajstić information content (AvgIpc) is 3.62. The van der Waals surface area contributed by atoms with Crippen LogP contribution in [0.15, 0.2) is 24.5 Å². The summed E-state index contributed by atoms with van der Waals surface area (Å²) in [5.41, 5.74) is 4.10. The SMILES string of the molecule is CCCC(O)c1cc(C)c(C2=Cc3cnc(NC(=O)C4CC4)cc3N(CCF)C2O)cn1. The lowest BCUT2D eigenvalue weighted by Gasteiger charge is -2.36. The van der Waals surface area contributed by atoms with Crippen LogP contribution in [0.5, 0.6) is 0 Å². The first-order valence-corrected chi connectivity index (χ1v) is 11.1. The van der Waals surface area contributed by atoms with Crippen molar-refractivity contribution in [3.05, 3.63) is 46.9 Å². The van der Waals surface area contributed by atoms with E-state index in [4.69, 9.17) is 0 Å². The fourth-order valence-corrected chi connectivity index (χ4v) is 4.03. The second-order valence-electron chi connectivity index (χ2n) is 8.48. The van der Waals surface area contributed by atoms with Gasteiger partial charge in [0.2, 0.25) is 5.91 Å². The van der Waals surface area contributed by atoms with Crippen molar-refractivity contribution in [3.8, 4) is 0 Å². The van der Waals surface area contributed by atoms with Crippen LogP contribution >= 0.6 is 0 Å². The molecule has 170 valence electrons. The molecule has 3 heterocycles. The normalized spacial score (nSPS) is 18.7. The molecule has 4 rings (SSSR count). The topological polar surface area (TPSA) is 98.6 Å². The van der Waals surface area contributed by atoms with Crippen LogP contribution in [-0.2, 0) is 4.79 Å². The number of hydrogen-bond acceptors (Lipinski definition) is 6. The molecule has 3 N–H and O–H groups in total. The first-order chi connectivity index (χ1) is 15.4. The van der Waals surface area contributed by atoms with Crippen LogP contribution in [0.1, 0.15) is 61.1 Å². The Hall–Kier alpha value is -2.84. The number of aliphatic hydroxyl groups excluding tert-OH is 2. The van der Waals surface area contributed by atoms with Crippen LogP contribution in [0.2, 0.25) is 0 Å². The number of nitrogens with zero attached hydrogens (tertiary/aromatic N) is 3. The van der Waals surface area contributed by atoms with Crippen molar-refractivity contribution >= 4 is 29.1 Å². The molecule has 7 nitrogen and oxygen atoms in total. The molecule has 2 atom stereocenters. The Morgan fingerprint density at radius 1 is 1.31 bits per heavy atom. The molecule has 2 aromatic heterocycles. The van der Waals surface area contributed by atoms with E-state index in [1.807, 2.05) is 26.0 Å². The molecule has 0 aromatic carbocycles. The third kappa shape index (κ3) is 4.52. The molecule has 1 amide bonds. The Morgan fingerprint density at radius 2 is 2.09 bits per heavy atom. The number of halogens is 1. The standard InChI is InChI=1S/C24H29FN4O3/c1-3-4-21(30)19-9-14(2)18(13-26-19)17-10-16-12-27-22(28-23(31)15-5-6-15)11-20(16)29(8-7-25)24(17)32/h9-13,15,21,24,30,32H,3-8H2,1-2H3,(H,27,28,31). The molecule has 0 spiro atoms. The van der Waals surface area contributed by atoms with E-state index in [2.05, 4.69) is 15.3 Å². The largest absolute Gasteiger partial charge is 0.387 e. The first-order valence-electron chi connectivity index (χ1n) is 11.1. The number of nitrogens with one attached hydrogen (secondary N) is 1. The van der Waals surface area contributed by atoms with Crippen LogP contribution in [0, 0.1) is 12.8 Å². The summed E-state index contributed by atoms with van der Waals surface area (Å²) in [6, 6.07) is 3.50. The zero-order chi connectivity index (χ0) is 22.8. The van der Waals surface area contributed by atoms with Crippen molar-refractivity contribution in [2.24, 2.45) is 5.92 Å². The molecule has 1 aliphatic carbocycles. The second-order valence-corrected chi connectivity index (χ2v) is 8.48. The van der Waals surface area contributed by atoms with Gasteiger partial charge in [0.05, 0.1) is 17.5 Å². The van der Waals surface area contributed by atoms with Gasteiger partial charge in [-0.1, -0.05) is 13.3 Å². The highest BCUT2D eigenvalue weighted by Crippen LogP contribution is 2.38. The second kappa shape index (κ2) is 9.34. The maximum atomic E-state index is 13.4. The maximum absolute atomic E-state index is 13.4. The summed E-state index contributed by atoms with van der Waals surface area (Å²) in [4.78, 5) is 22.4. The summed E-state index contributed by atoms with van der Waals surface area (Å²) < 4.78 is 13.4. The van der Waals surface area contributed by atoms with E-state index >= 15 is 0 Å². The number of alkyl halides is 1. The monoisotopic (exact) mass is 440 g/mol. The zero-order valence-electron chi connectivity index (χ0n) is 18.4. The van der Waals surface area contributed by atoms with Crippen molar-refractivity contribution < 1.29 is 19.4 Å². The predicted molar refractivity (Wildman–Crippen MR) is 122 cm³/mol. The molecular weight excluding hydrogens is 411 g/mol. The quantitative estimate of drug-likeness (QED) is 0.580. The number of aliphatic hydroxyl groups is 2. The molecule has 2 aliphatic rings. The molecule has 8 heteroatoms. The lowest BCUT2D eigenvalue weighted by atomic mass is 9.93. The molecule has 2 unspecified atom stereocenters. The van der Waals surface area contributed by atoms with Crippen molar-refractivity contribution in [1.29, 1.82) is 0 Å². The average molecular weight is 441 g/mol. The molecule has 0 radical (unpaired) electrons.